The zero-order valence-corrected chi connectivity index (χ0v) is 12.5. The molecule has 21 heavy (non-hydrogen) atoms. The van der Waals surface area contributed by atoms with E-state index in [1.54, 1.807) is 18.2 Å². The summed E-state index contributed by atoms with van der Waals surface area (Å²) in [5.74, 6) is -1.27. The number of aromatic carboxylic acids is 1. The SMILES string of the molecule is COc1ccc(NC(=O)c2ncccc2Br)c(C(=O)O)c1. The van der Waals surface area contributed by atoms with Gasteiger partial charge in [0.25, 0.3) is 5.91 Å². The van der Waals surface area contributed by atoms with Crippen LogP contribution in [0.3, 0.4) is 0 Å². The van der Waals surface area contributed by atoms with E-state index in [2.05, 4.69) is 26.2 Å². The Kier molecular flexibility index (Phi) is 4.54. The van der Waals surface area contributed by atoms with Crippen LogP contribution in [0.15, 0.2) is 41.0 Å². The Balaban J connectivity index is 2.33. The molecular weight excluding hydrogens is 340 g/mol. The first-order valence-electron chi connectivity index (χ1n) is 5.86. The number of carboxylic acid groups (broad SMARTS) is 1. The first-order chi connectivity index (χ1) is 10.0. The molecule has 1 aromatic heterocycles. The van der Waals surface area contributed by atoms with E-state index in [9.17, 15) is 14.7 Å². The summed E-state index contributed by atoms with van der Waals surface area (Å²) >= 11 is 3.22. The number of halogens is 1. The second-order valence-corrected chi connectivity index (χ2v) is 4.86. The zero-order valence-electron chi connectivity index (χ0n) is 11.0. The molecule has 0 unspecified atom stereocenters. The minimum atomic E-state index is -1.16. The highest BCUT2D eigenvalue weighted by Gasteiger charge is 2.16. The van der Waals surface area contributed by atoms with Crippen LogP contribution in [0.5, 0.6) is 5.75 Å². The molecule has 0 aliphatic heterocycles. The normalized spacial score (nSPS) is 10.0. The van der Waals surface area contributed by atoms with E-state index in [-0.39, 0.29) is 16.9 Å². The van der Waals surface area contributed by atoms with Crippen molar-refractivity contribution >= 4 is 33.5 Å². The lowest BCUT2D eigenvalue weighted by molar-refractivity contribution is 0.0697. The molecule has 108 valence electrons. The molecule has 1 aromatic carbocycles. The van der Waals surface area contributed by atoms with Gasteiger partial charge in [-0.15, -0.1) is 0 Å². The summed E-state index contributed by atoms with van der Waals surface area (Å²) < 4.78 is 5.49. The first-order valence-corrected chi connectivity index (χ1v) is 6.65. The van der Waals surface area contributed by atoms with Gasteiger partial charge in [0.05, 0.1) is 18.4 Å². The van der Waals surface area contributed by atoms with E-state index >= 15 is 0 Å². The van der Waals surface area contributed by atoms with E-state index in [4.69, 9.17) is 4.74 Å². The molecule has 0 bridgehead atoms. The number of rotatable bonds is 4. The number of anilines is 1. The van der Waals surface area contributed by atoms with Crippen molar-refractivity contribution in [2.75, 3.05) is 12.4 Å². The van der Waals surface area contributed by atoms with Crippen LogP contribution in [0.1, 0.15) is 20.8 Å². The van der Waals surface area contributed by atoms with Crippen molar-refractivity contribution in [2.24, 2.45) is 0 Å². The standard InChI is InChI=1S/C14H11BrN2O4/c1-21-8-4-5-11(9(7-8)14(19)20)17-13(18)12-10(15)3-2-6-16-12/h2-7H,1H3,(H,17,18)(H,19,20). The summed E-state index contributed by atoms with van der Waals surface area (Å²) in [4.78, 5) is 27.3. The summed E-state index contributed by atoms with van der Waals surface area (Å²) in [6, 6.07) is 7.73. The highest BCUT2D eigenvalue weighted by Crippen LogP contribution is 2.23. The lowest BCUT2D eigenvalue weighted by Gasteiger charge is -2.10. The van der Waals surface area contributed by atoms with E-state index in [0.29, 0.717) is 10.2 Å². The third kappa shape index (κ3) is 3.38. The number of pyridine rings is 1. The number of nitrogens with one attached hydrogen (secondary N) is 1. The Bertz CT molecular complexity index is 703. The molecule has 2 rings (SSSR count). The van der Waals surface area contributed by atoms with Crippen molar-refractivity contribution in [1.82, 2.24) is 4.98 Å². The number of ether oxygens (including phenoxy) is 1. The number of hydrogen-bond donors (Lipinski definition) is 2. The summed E-state index contributed by atoms with van der Waals surface area (Å²) in [7, 11) is 1.43. The fourth-order valence-electron chi connectivity index (χ4n) is 1.67. The molecule has 0 aliphatic rings. The van der Waals surface area contributed by atoms with Crippen LogP contribution in [0.25, 0.3) is 0 Å². The van der Waals surface area contributed by atoms with Crippen LogP contribution in [-0.2, 0) is 0 Å². The summed E-state index contributed by atoms with van der Waals surface area (Å²) in [6.45, 7) is 0. The second kappa shape index (κ2) is 6.36. The molecule has 7 heteroatoms. The predicted molar refractivity (Wildman–Crippen MR) is 79.8 cm³/mol. The third-order valence-electron chi connectivity index (χ3n) is 2.68. The van der Waals surface area contributed by atoms with Gasteiger partial charge < -0.3 is 15.2 Å². The van der Waals surface area contributed by atoms with Gasteiger partial charge in [-0.1, -0.05) is 0 Å². The molecule has 0 saturated carbocycles. The number of aromatic nitrogens is 1. The quantitative estimate of drug-likeness (QED) is 0.884. The fraction of sp³-hybridized carbons (Fsp3) is 0.0714. The van der Waals surface area contributed by atoms with E-state index in [1.165, 1.54) is 25.4 Å². The number of carbonyl (C=O) groups is 2. The Morgan fingerprint density at radius 1 is 1.33 bits per heavy atom. The minimum Gasteiger partial charge on any atom is -0.497 e. The van der Waals surface area contributed by atoms with Gasteiger partial charge >= 0.3 is 5.97 Å². The van der Waals surface area contributed by atoms with Gasteiger partial charge in [0.2, 0.25) is 0 Å². The van der Waals surface area contributed by atoms with Gasteiger partial charge in [-0.25, -0.2) is 9.78 Å². The smallest absolute Gasteiger partial charge is 0.337 e. The maximum absolute atomic E-state index is 12.1. The monoisotopic (exact) mass is 350 g/mol. The van der Waals surface area contributed by atoms with Crippen molar-refractivity contribution in [3.8, 4) is 5.75 Å². The molecule has 1 amide bonds. The van der Waals surface area contributed by atoms with Crippen LogP contribution in [0.4, 0.5) is 5.69 Å². The molecule has 0 aliphatic carbocycles. The largest absolute Gasteiger partial charge is 0.497 e. The van der Waals surface area contributed by atoms with Crippen molar-refractivity contribution < 1.29 is 19.4 Å². The molecule has 0 fully saturated rings. The lowest BCUT2D eigenvalue weighted by Crippen LogP contribution is -2.16. The maximum Gasteiger partial charge on any atom is 0.337 e. The highest BCUT2D eigenvalue weighted by atomic mass is 79.9. The maximum atomic E-state index is 12.1. The average Bonchev–Trinajstić information content (AvgIpc) is 2.47. The second-order valence-electron chi connectivity index (χ2n) is 4.00. The van der Waals surface area contributed by atoms with E-state index < -0.39 is 11.9 Å². The van der Waals surface area contributed by atoms with Crippen molar-refractivity contribution in [3.05, 3.63) is 52.3 Å². The van der Waals surface area contributed by atoms with E-state index in [1.807, 2.05) is 0 Å². The predicted octanol–water partition coefficient (Wildman–Crippen LogP) is 2.80. The fourth-order valence-corrected chi connectivity index (χ4v) is 2.11. The Morgan fingerprint density at radius 2 is 2.10 bits per heavy atom. The molecule has 2 aromatic rings. The van der Waals surface area contributed by atoms with Crippen molar-refractivity contribution in [3.63, 3.8) is 0 Å². The van der Waals surface area contributed by atoms with Crippen LogP contribution in [0, 0.1) is 0 Å². The van der Waals surface area contributed by atoms with Gasteiger partial charge in [0, 0.05) is 10.7 Å². The molecule has 1 heterocycles. The van der Waals surface area contributed by atoms with Crippen molar-refractivity contribution in [1.29, 1.82) is 0 Å². The van der Waals surface area contributed by atoms with Crippen LogP contribution >= 0.6 is 15.9 Å². The number of carboxylic acids is 1. The van der Waals surface area contributed by atoms with Gasteiger partial charge in [-0.05, 0) is 46.3 Å². The molecule has 0 saturated heterocycles. The number of nitrogens with zero attached hydrogens (tertiary/aromatic N) is 1. The third-order valence-corrected chi connectivity index (χ3v) is 3.32. The lowest BCUT2D eigenvalue weighted by atomic mass is 10.1. The molecule has 0 atom stereocenters. The van der Waals surface area contributed by atoms with Gasteiger partial charge in [-0.3, -0.25) is 4.79 Å². The van der Waals surface area contributed by atoms with E-state index in [0.717, 1.165) is 0 Å². The number of benzene rings is 1. The molecular formula is C14H11BrN2O4. The summed E-state index contributed by atoms with van der Waals surface area (Å²) in [6.07, 6.45) is 1.48. The molecule has 0 radical (unpaired) electrons. The number of amides is 1. The Labute approximate surface area is 128 Å². The zero-order chi connectivity index (χ0) is 15.4. The topological polar surface area (TPSA) is 88.5 Å². The molecule has 0 spiro atoms. The number of hydrogen-bond acceptors (Lipinski definition) is 4. The van der Waals surface area contributed by atoms with Crippen molar-refractivity contribution in [2.45, 2.75) is 0 Å². The summed E-state index contributed by atoms with van der Waals surface area (Å²) in [5, 5.41) is 11.7. The van der Waals surface area contributed by atoms with Gasteiger partial charge in [-0.2, -0.15) is 0 Å². The van der Waals surface area contributed by atoms with Gasteiger partial charge in [0.15, 0.2) is 0 Å². The first kappa shape index (κ1) is 15.0. The molecule has 2 N–H and O–H groups in total. The number of carbonyl (C=O) groups excluding carboxylic acids is 1. The van der Waals surface area contributed by atoms with Crippen LogP contribution in [-0.4, -0.2) is 29.1 Å². The Morgan fingerprint density at radius 3 is 2.71 bits per heavy atom. The Hall–Kier alpha value is -2.41. The number of methoxy groups -OCH3 is 1. The summed E-state index contributed by atoms with van der Waals surface area (Å²) in [5.41, 5.74) is 0.283. The molecule has 6 nitrogen and oxygen atoms in total. The highest BCUT2D eigenvalue weighted by molar-refractivity contribution is 9.10. The van der Waals surface area contributed by atoms with Crippen LogP contribution < -0.4 is 10.1 Å². The average molecular weight is 351 g/mol. The van der Waals surface area contributed by atoms with Crippen LogP contribution in [0.2, 0.25) is 0 Å². The van der Waals surface area contributed by atoms with Gasteiger partial charge in [0.1, 0.15) is 11.4 Å². The minimum absolute atomic E-state index is 0.0604.